The highest BCUT2D eigenvalue weighted by atomic mass is 16.5. The first-order chi connectivity index (χ1) is 22.1. The number of aryl methyl sites for hydroxylation is 1. The minimum atomic E-state index is -1.08. The minimum absolute atomic E-state index is 0.0179. The Kier molecular flexibility index (Phi) is 8.59. The number of benzene rings is 1. The molecule has 242 valence electrons. The van der Waals surface area contributed by atoms with E-state index in [2.05, 4.69) is 27.6 Å². The van der Waals surface area contributed by atoms with Crippen LogP contribution in [0.5, 0.6) is 0 Å². The highest BCUT2D eigenvalue weighted by Crippen LogP contribution is 2.65. The van der Waals surface area contributed by atoms with Crippen molar-refractivity contribution in [2.45, 2.75) is 71.0 Å². The standard InChI is InChI=1S/C35H40N4O7/c1-20-23-9-4-6-12-27(23)46-31(20)33(43)36-25(10-5-7-13-29(41)45-3)32(42)37-26-11-8-14-39(34(26)44)19-28(40)38-30-22-15-21-16-24(30)35(2,17-21)18-22/h4,6-9,11-14,21-22,24-25,30H,5,10,15-19H2,1-3H3,(H,36,43)(H,37,42)(H,38,40)/b13-7+/t21?,22?,24?,25-,30?,35?/m0/s1. The molecular weight excluding hydrogens is 588 g/mol. The van der Waals surface area contributed by atoms with Crippen LogP contribution in [-0.2, 0) is 25.7 Å². The number of nitrogens with one attached hydrogen (secondary N) is 3. The number of para-hydroxylation sites is 1. The molecule has 7 rings (SSSR count). The summed E-state index contributed by atoms with van der Waals surface area (Å²) in [6, 6.07) is 9.36. The Hall–Kier alpha value is -4.67. The molecule has 3 aromatic rings. The van der Waals surface area contributed by atoms with Crippen molar-refractivity contribution in [3.05, 3.63) is 76.4 Å². The normalized spacial score (nSPS) is 25.1. The van der Waals surface area contributed by atoms with Gasteiger partial charge in [0.15, 0.2) is 5.76 Å². The summed E-state index contributed by atoms with van der Waals surface area (Å²) in [5.74, 6) is -0.153. The molecule has 0 saturated heterocycles. The summed E-state index contributed by atoms with van der Waals surface area (Å²) in [6.07, 6.45) is 9.38. The molecule has 4 saturated carbocycles. The van der Waals surface area contributed by atoms with Crippen LogP contribution >= 0.6 is 0 Å². The number of hydrogen-bond acceptors (Lipinski definition) is 7. The van der Waals surface area contributed by atoms with Crippen molar-refractivity contribution >= 4 is 40.3 Å². The van der Waals surface area contributed by atoms with Crippen molar-refractivity contribution in [2.24, 2.45) is 23.2 Å². The molecule has 3 N–H and O–H groups in total. The Bertz CT molecular complexity index is 1770. The lowest BCUT2D eigenvalue weighted by Crippen LogP contribution is -2.46. The summed E-state index contributed by atoms with van der Waals surface area (Å²) in [5.41, 5.74) is 0.931. The van der Waals surface area contributed by atoms with Gasteiger partial charge in [-0.2, -0.15) is 0 Å². The van der Waals surface area contributed by atoms with E-state index in [1.165, 1.54) is 36.4 Å². The van der Waals surface area contributed by atoms with Gasteiger partial charge in [-0.1, -0.05) is 31.2 Å². The van der Waals surface area contributed by atoms with E-state index in [0.29, 0.717) is 28.4 Å². The second-order valence-corrected chi connectivity index (χ2v) is 13.3. The van der Waals surface area contributed by atoms with Crippen LogP contribution in [0.25, 0.3) is 11.0 Å². The van der Waals surface area contributed by atoms with Gasteiger partial charge >= 0.3 is 5.97 Å². The summed E-state index contributed by atoms with van der Waals surface area (Å²) in [5, 5.41) is 9.38. The van der Waals surface area contributed by atoms with Gasteiger partial charge in [0.05, 0.1) is 7.11 Å². The number of carbonyl (C=O) groups excluding carboxylic acids is 4. The molecule has 11 nitrogen and oxygen atoms in total. The quantitative estimate of drug-likeness (QED) is 0.214. The molecule has 3 amide bonds. The number of aromatic nitrogens is 1. The van der Waals surface area contributed by atoms with Crippen molar-refractivity contribution < 1.29 is 28.3 Å². The number of fused-ring (bicyclic) bond motifs is 1. The summed E-state index contributed by atoms with van der Waals surface area (Å²) < 4.78 is 11.7. The fraction of sp³-hybridized carbons (Fsp3) is 0.457. The third-order valence-corrected chi connectivity index (χ3v) is 10.2. The zero-order valence-corrected chi connectivity index (χ0v) is 26.3. The molecule has 5 unspecified atom stereocenters. The minimum Gasteiger partial charge on any atom is -0.466 e. The van der Waals surface area contributed by atoms with E-state index in [4.69, 9.17) is 4.42 Å². The molecule has 4 aliphatic rings. The van der Waals surface area contributed by atoms with Crippen LogP contribution < -0.4 is 21.5 Å². The highest BCUT2D eigenvalue weighted by molar-refractivity contribution is 6.03. The summed E-state index contributed by atoms with van der Waals surface area (Å²) in [6.45, 7) is 3.94. The molecule has 4 bridgehead atoms. The van der Waals surface area contributed by atoms with Crippen LogP contribution in [0.1, 0.15) is 61.6 Å². The smallest absolute Gasteiger partial charge is 0.330 e. The molecule has 0 radical (unpaired) electrons. The van der Waals surface area contributed by atoms with Gasteiger partial charge in [-0.15, -0.1) is 0 Å². The Morgan fingerprint density at radius 1 is 1.13 bits per heavy atom. The Balaban J connectivity index is 1.14. The molecule has 4 fully saturated rings. The van der Waals surface area contributed by atoms with Crippen LogP contribution in [0.3, 0.4) is 0 Å². The molecule has 1 aromatic carbocycles. The number of furan rings is 1. The number of anilines is 1. The number of carbonyl (C=O) groups is 4. The predicted octanol–water partition coefficient (Wildman–Crippen LogP) is 4.09. The van der Waals surface area contributed by atoms with E-state index in [-0.39, 0.29) is 42.8 Å². The molecule has 11 heteroatoms. The topological polar surface area (TPSA) is 149 Å². The lowest BCUT2D eigenvalue weighted by atomic mass is 9.77. The van der Waals surface area contributed by atoms with Gasteiger partial charge in [0, 0.05) is 29.3 Å². The van der Waals surface area contributed by atoms with Crippen LogP contribution in [0, 0.1) is 30.1 Å². The molecule has 6 atom stereocenters. The average Bonchev–Trinajstić information content (AvgIpc) is 3.56. The highest BCUT2D eigenvalue weighted by Gasteiger charge is 2.60. The van der Waals surface area contributed by atoms with Crippen LogP contribution in [-0.4, -0.2) is 47.5 Å². The van der Waals surface area contributed by atoms with E-state index in [1.807, 2.05) is 12.1 Å². The number of esters is 1. The number of methoxy groups -OCH3 is 1. The molecule has 2 heterocycles. The third kappa shape index (κ3) is 6.10. The van der Waals surface area contributed by atoms with E-state index in [9.17, 15) is 24.0 Å². The molecule has 4 aliphatic carbocycles. The summed E-state index contributed by atoms with van der Waals surface area (Å²) in [4.78, 5) is 64.8. The van der Waals surface area contributed by atoms with Crippen molar-refractivity contribution in [2.75, 3.05) is 12.4 Å². The SMILES string of the molecule is COC(=O)/C=C/CC[C@H](NC(=O)c1oc2ccccc2c1C)C(=O)Nc1cccn(CC(=O)NC2C3CC4CC2C(C)(C4)C3)c1=O. The molecular formula is C35H40N4O7. The number of ether oxygens (including phenoxy) is 1. The Morgan fingerprint density at radius 2 is 1.93 bits per heavy atom. The predicted molar refractivity (Wildman–Crippen MR) is 171 cm³/mol. The first-order valence-electron chi connectivity index (χ1n) is 15.9. The number of hydrogen-bond donors (Lipinski definition) is 3. The zero-order valence-electron chi connectivity index (χ0n) is 26.3. The number of allylic oxidation sites excluding steroid dienone is 1. The fourth-order valence-electron chi connectivity index (χ4n) is 8.22. The molecule has 46 heavy (non-hydrogen) atoms. The lowest BCUT2D eigenvalue weighted by Gasteiger charge is -2.32. The van der Waals surface area contributed by atoms with Crippen LogP contribution in [0.15, 0.2) is 64.0 Å². The molecule has 0 spiro atoms. The Labute approximate surface area is 266 Å². The van der Waals surface area contributed by atoms with Gasteiger partial charge in [0.1, 0.15) is 23.9 Å². The van der Waals surface area contributed by atoms with Gasteiger partial charge in [-0.05, 0) is 86.8 Å². The van der Waals surface area contributed by atoms with Crippen molar-refractivity contribution in [1.29, 1.82) is 0 Å². The summed E-state index contributed by atoms with van der Waals surface area (Å²) >= 11 is 0. The van der Waals surface area contributed by atoms with Crippen molar-refractivity contribution in [3.63, 3.8) is 0 Å². The maximum Gasteiger partial charge on any atom is 0.330 e. The van der Waals surface area contributed by atoms with Gasteiger partial charge in [0.2, 0.25) is 11.8 Å². The van der Waals surface area contributed by atoms with E-state index in [1.54, 1.807) is 31.2 Å². The number of rotatable bonds is 11. The fourth-order valence-corrected chi connectivity index (χ4v) is 8.22. The second kappa shape index (κ2) is 12.6. The first kappa shape index (κ1) is 31.3. The van der Waals surface area contributed by atoms with Crippen LogP contribution in [0.4, 0.5) is 5.69 Å². The first-order valence-corrected chi connectivity index (χ1v) is 15.9. The van der Waals surface area contributed by atoms with Crippen molar-refractivity contribution in [1.82, 2.24) is 15.2 Å². The Morgan fingerprint density at radius 3 is 2.70 bits per heavy atom. The number of pyridine rings is 1. The average molecular weight is 629 g/mol. The molecule has 2 aromatic heterocycles. The van der Waals surface area contributed by atoms with Gasteiger partial charge in [-0.3, -0.25) is 19.2 Å². The summed E-state index contributed by atoms with van der Waals surface area (Å²) in [7, 11) is 1.26. The lowest BCUT2D eigenvalue weighted by molar-refractivity contribution is -0.134. The zero-order chi connectivity index (χ0) is 32.6. The van der Waals surface area contributed by atoms with Gasteiger partial charge in [-0.25, -0.2) is 4.79 Å². The van der Waals surface area contributed by atoms with Crippen molar-refractivity contribution in [3.8, 4) is 0 Å². The van der Waals surface area contributed by atoms with E-state index >= 15 is 0 Å². The maximum absolute atomic E-state index is 13.5. The van der Waals surface area contributed by atoms with Gasteiger partial charge in [0.25, 0.3) is 11.5 Å². The van der Waals surface area contributed by atoms with Gasteiger partial charge < -0.3 is 29.7 Å². The largest absolute Gasteiger partial charge is 0.466 e. The maximum atomic E-state index is 13.5. The third-order valence-electron chi connectivity index (χ3n) is 10.2. The molecule has 0 aliphatic heterocycles. The number of amides is 3. The van der Waals surface area contributed by atoms with Crippen LogP contribution in [0.2, 0.25) is 0 Å². The number of nitrogens with zero attached hydrogens (tertiary/aromatic N) is 1. The van der Waals surface area contributed by atoms with E-state index < -0.39 is 29.4 Å². The van der Waals surface area contributed by atoms with E-state index in [0.717, 1.165) is 30.6 Å². The monoisotopic (exact) mass is 628 g/mol. The second-order valence-electron chi connectivity index (χ2n) is 13.3.